The molecule has 2 aliphatic carbocycles. The van der Waals surface area contributed by atoms with Crippen LogP contribution >= 0.6 is 12.4 Å². The predicted molar refractivity (Wildman–Crippen MR) is 88.8 cm³/mol. The maximum Gasteiger partial charge on any atom is 0.0136 e. The Balaban J connectivity index is 0.00000147. The molecular weight excluding hydrogens is 266 g/mol. The standard InChI is InChI=1S/C18H27N.ClH/c1-19(2)16-12-15-10-6-7-11-17(15)18(13-16)14-8-4-3-5-9-14;/h6-7,10-11,14,16,18H,3-5,8-9,12-13H2,1-2H3;1H/t16-,18-;/m0./s1. The fourth-order valence-electron chi connectivity index (χ4n) is 4.22. The van der Waals surface area contributed by atoms with E-state index in [0.29, 0.717) is 0 Å². The molecule has 0 bridgehead atoms. The van der Waals surface area contributed by atoms with Crippen LogP contribution in [0, 0.1) is 5.92 Å². The number of hydrogen-bond acceptors (Lipinski definition) is 1. The summed E-state index contributed by atoms with van der Waals surface area (Å²) in [6.07, 6.45) is 9.90. The van der Waals surface area contributed by atoms with Gasteiger partial charge in [-0.05, 0) is 62.7 Å². The quantitative estimate of drug-likeness (QED) is 0.767. The lowest BCUT2D eigenvalue weighted by molar-refractivity contribution is 0.203. The normalized spacial score (nSPS) is 26.9. The number of halogens is 1. The Morgan fingerprint density at radius 2 is 1.70 bits per heavy atom. The van der Waals surface area contributed by atoms with Gasteiger partial charge >= 0.3 is 0 Å². The maximum absolute atomic E-state index is 2.44. The number of fused-ring (bicyclic) bond motifs is 1. The molecule has 1 aromatic carbocycles. The lowest BCUT2D eigenvalue weighted by Crippen LogP contribution is -2.37. The molecule has 20 heavy (non-hydrogen) atoms. The van der Waals surface area contributed by atoms with Gasteiger partial charge in [0, 0.05) is 6.04 Å². The van der Waals surface area contributed by atoms with Crippen molar-refractivity contribution >= 4 is 12.4 Å². The Kier molecular flexibility index (Phi) is 5.51. The van der Waals surface area contributed by atoms with Gasteiger partial charge in [0.05, 0.1) is 0 Å². The molecule has 1 fully saturated rings. The van der Waals surface area contributed by atoms with Crippen molar-refractivity contribution in [3.05, 3.63) is 35.4 Å². The summed E-state index contributed by atoms with van der Waals surface area (Å²) in [4.78, 5) is 2.44. The van der Waals surface area contributed by atoms with Crippen LogP contribution in [0.3, 0.4) is 0 Å². The van der Waals surface area contributed by atoms with Crippen LogP contribution in [0.5, 0.6) is 0 Å². The van der Waals surface area contributed by atoms with Gasteiger partial charge in [-0.25, -0.2) is 0 Å². The Bertz CT molecular complexity index is 423. The zero-order valence-electron chi connectivity index (χ0n) is 12.8. The zero-order valence-corrected chi connectivity index (χ0v) is 13.7. The molecule has 0 radical (unpaired) electrons. The molecule has 2 atom stereocenters. The molecule has 0 unspecified atom stereocenters. The van der Waals surface area contributed by atoms with Crippen LogP contribution in [-0.2, 0) is 6.42 Å². The maximum atomic E-state index is 2.44. The van der Waals surface area contributed by atoms with Gasteiger partial charge in [-0.1, -0.05) is 43.5 Å². The average Bonchev–Trinajstić information content (AvgIpc) is 2.47. The number of benzene rings is 1. The highest BCUT2D eigenvalue weighted by Gasteiger charge is 2.33. The topological polar surface area (TPSA) is 3.24 Å². The SMILES string of the molecule is CN(C)[C@H]1Cc2ccccc2[C@H](C2CCCCC2)C1.Cl. The first kappa shape index (κ1) is 15.9. The lowest BCUT2D eigenvalue weighted by Gasteiger charge is -2.40. The van der Waals surface area contributed by atoms with Crippen LogP contribution in [0.4, 0.5) is 0 Å². The molecule has 1 nitrogen and oxygen atoms in total. The fourth-order valence-corrected chi connectivity index (χ4v) is 4.22. The van der Waals surface area contributed by atoms with Crippen LogP contribution in [0.25, 0.3) is 0 Å². The summed E-state index contributed by atoms with van der Waals surface area (Å²) in [7, 11) is 4.49. The van der Waals surface area contributed by atoms with Crippen LogP contribution in [0.1, 0.15) is 55.6 Å². The van der Waals surface area contributed by atoms with Gasteiger partial charge < -0.3 is 4.90 Å². The van der Waals surface area contributed by atoms with Crippen molar-refractivity contribution in [2.75, 3.05) is 14.1 Å². The van der Waals surface area contributed by atoms with E-state index in [1.54, 1.807) is 11.1 Å². The number of nitrogens with zero attached hydrogens (tertiary/aromatic N) is 1. The van der Waals surface area contributed by atoms with E-state index in [9.17, 15) is 0 Å². The molecule has 3 rings (SSSR count). The number of likely N-dealkylation sites (N-methyl/N-ethyl adjacent to an activating group) is 1. The highest BCUT2D eigenvalue weighted by Crippen LogP contribution is 2.43. The minimum atomic E-state index is 0. The molecule has 0 amide bonds. The van der Waals surface area contributed by atoms with Crippen molar-refractivity contribution in [3.63, 3.8) is 0 Å². The van der Waals surface area contributed by atoms with Crippen molar-refractivity contribution in [2.45, 2.75) is 56.9 Å². The smallest absolute Gasteiger partial charge is 0.0136 e. The van der Waals surface area contributed by atoms with Gasteiger partial charge in [-0.2, -0.15) is 0 Å². The van der Waals surface area contributed by atoms with Crippen LogP contribution < -0.4 is 0 Å². The molecule has 0 aliphatic heterocycles. The predicted octanol–water partition coefficient (Wildman–Crippen LogP) is 4.65. The van der Waals surface area contributed by atoms with E-state index in [1.807, 2.05) is 0 Å². The largest absolute Gasteiger partial charge is 0.306 e. The van der Waals surface area contributed by atoms with Crippen molar-refractivity contribution in [1.29, 1.82) is 0 Å². The van der Waals surface area contributed by atoms with Gasteiger partial charge in [0.15, 0.2) is 0 Å². The highest BCUT2D eigenvalue weighted by atomic mass is 35.5. The Morgan fingerprint density at radius 1 is 1.00 bits per heavy atom. The van der Waals surface area contributed by atoms with E-state index in [2.05, 4.69) is 43.3 Å². The van der Waals surface area contributed by atoms with E-state index >= 15 is 0 Å². The number of rotatable bonds is 2. The Hall–Kier alpha value is -0.530. The second kappa shape index (κ2) is 6.95. The van der Waals surface area contributed by atoms with Crippen molar-refractivity contribution in [3.8, 4) is 0 Å². The Labute approximate surface area is 130 Å². The molecule has 0 saturated heterocycles. The molecule has 2 aliphatic rings. The van der Waals surface area contributed by atoms with Crippen molar-refractivity contribution < 1.29 is 0 Å². The molecule has 0 spiro atoms. The van der Waals surface area contributed by atoms with Gasteiger partial charge in [-0.3, -0.25) is 0 Å². The molecule has 0 N–H and O–H groups in total. The summed E-state index contributed by atoms with van der Waals surface area (Å²) in [6.45, 7) is 0. The summed E-state index contributed by atoms with van der Waals surface area (Å²) in [6, 6.07) is 9.96. The summed E-state index contributed by atoms with van der Waals surface area (Å²) < 4.78 is 0. The molecule has 2 heteroatoms. The minimum Gasteiger partial charge on any atom is -0.306 e. The van der Waals surface area contributed by atoms with Crippen LogP contribution in [0.2, 0.25) is 0 Å². The molecule has 112 valence electrons. The van der Waals surface area contributed by atoms with Crippen LogP contribution in [0.15, 0.2) is 24.3 Å². The number of hydrogen-bond donors (Lipinski definition) is 0. The molecule has 0 heterocycles. The first-order chi connectivity index (χ1) is 9.25. The third kappa shape index (κ3) is 3.20. The van der Waals surface area contributed by atoms with Gasteiger partial charge in [-0.15, -0.1) is 12.4 Å². The third-order valence-corrected chi connectivity index (χ3v) is 5.39. The third-order valence-electron chi connectivity index (χ3n) is 5.39. The first-order valence-corrected chi connectivity index (χ1v) is 8.00. The lowest BCUT2D eigenvalue weighted by atomic mass is 9.69. The minimum absolute atomic E-state index is 0. The summed E-state index contributed by atoms with van der Waals surface area (Å²) in [5, 5.41) is 0. The van der Waals surface area contributed by atoms with E-state index in [-0.39, 0.29) is 12.4 Å². The van der Waals surface area contributed by atoms with E-state index in [0.717, 1.165) is 17.9 Å². The summed E-state index contributed by atoms with van der Waals surface area (Å²) in [5.74, 6) is 1.76. The molecular formula is C18H28ClN. The van der Waals surface area contributed by atoms with E-state index in [1.165, 1.54) is 44.9 Å². The molecule has 1 aromatic rings. The zero-order chi connectivity index (χ0) is 13.2. The van der Waals surface area contributed by atoms with Crippen LogP contribution in [-0.4, -0.2) is 25.0 Å². The van der Waals surface area contributed by atoms with Gasteiger partial charge in [0.25, 0.3) is 0 Å². The second-order valence-corrected chi connectivity index (χ2v) is 6.76. The molecule has 1 saturated carbocycles. The van der Waals surface area contributed by atoms with Gasteiger partial charge in [0.1, 0.15) is 0 Å². The second-order valence-electron chi connectivity index (χ2n) is 6.76. The highest BCUT2D eigenvalue weighted by molar-refractivity contribution is 5.85. The summed E-state index contributed by atoms with van der Waals surface area (Å²) in [5.41, 5.74) is 3.29. The van der Waals surface area contributed by atoms with E-state index < -0.39 is 0 Å². The van der Waals surface area contributed by atoms with Crippen molar-refractivity contribution in [2.24, 2.45) is 5.92 Å². The average molecular weight is 294 g/mol. The Morgan fingerprint density at radius 3 is 2.40 bits per heavy atom. The summed E-state index contributed by atoms with van der Waals surface area (Å²) >= 11 is 0. The molecule has 0 aromatic heterocycles. The monoisotopic (exact) mass is 293 g/mol. The van der Waals surface area contributed by atoms with Crippen molar-refractivity contribution in [1.82, 2.24) is 4.90 Å². The van der Waals surface area contributed by atoms with Gasteiger partial charge in [0.2, 0.25) is 0 Å². The van der Waals surface area contributed by atoms with E-state index in [4.69, 9.17) is 0 Å². The fraction of sp³-hybridized carbons (Fsp3) is 0.667. The first-order valence-electron chi connectivity index (χ1n) is 8.00.